The first-order chi connectivity index (χ1) is 13.6. The molecule has 28 heavy (non-hydrogen) atoms. The monoisotopic (exact) mass is 417 g/mol. The Morgan fingerprint density at radius 1 is 1.29 bits per heavy atom. The van der Waals surface area contributed by atoms with E-state index in [-0.39, 0.29) is 17.6 Å². The van der Waals surface area contributed by atoms with Gasteiger partial charge >= 0.3 is 0 Å². The summed E-state index contributed by atoms with van der Waals surface area (Å²) >= 11 is 2.69. The molecule has 2 heterocycles. The molecule has 2 aromatic heterocycles. The summed E-state index contributed by atoms with van der Waals surface area (Å²) in [5.41, 5.74) is 1.48. The number of nitrogens with one attached hydrogen (secondary N) is 2. The first kappa shape index (κ1) is 18.8. The van der Waals surface area contributed by atoms with E-state index in [1.807, 2.05) is 16.8 Å². The molecule has 11 heteroatoms. The van der Waals surface area contributed by atoms with Crippen LogP contribution in [0.5, 0.6) is 0 Å². The topological polar surface area (TPSA) is 115 Å². The number of carbonyl (C=O) groups excluding carboxylic acids is 2. The summed E-state index contributed by atoms with van der Waals surface area (Å²) in [6.07, 6.45) is 4.54. The quantitative estimate of drug-likeness (QED) is 0.592. The number of rotatable bonds is 6. The van der Waals surface area contributed by atoms with Crippen LogP contribution >= 0.6 is 23.1 Å². The van der Waals surface area contributed by atoms with Crippen LogP contribution in [0.1, 0.15) is 38.6 Å². The molecule has 0 unspecified atom stereocenters. The molecule has 0 spiro atoms. The Labute approximate surface area is 169 Å². The fraction of sp³-hybridized carbons (Fsp3) is 0.412. The normalized spacial score (nSPS) is 14.5. The first-order valence-corrected chi connectivity index (χ1v) is 10.8. The van der Waals surface area contributed by atoms with E-state index in [9.17, 15) is 9.59 Å². The van der Waals surface area contributed by atoms with Gasteiger partial charge in [0.1, 0.15) is 0 Å². The lowest BCUT2D eigenvalue weighted by molar-refractivity contribution is -0.114. The Morgan fingerprint density at radius 3 is 2.89 bits per heavy atom. The molecule has 1 saturated carbocycles. The lowest BCUT2D eigenvalue weighted by Crippen LogP contribution is -2.15. The fourth-order valence-corrected chi connectivity index (χ4v) is 4.87. The molecule has 0 atom stereocenters. The molecule has 1 aliphatic rings. The number of benzene rings is 1. The van der Waals surface area contributed by atoms with Crippen molar-refractivity contribution in [2.45, 2.75) is 43.8 Å². The van der Waals surface area contributed by atoms with E-state index in [1.165, 1.54) is 42.9 Å². The smallest absolute Gasteiger partial charge is 0.236 e. The Hall–Kier alpha value is -2.53. The van der Waals surface area contributed by atoms with Crippen molar-refractivity contribution in [3.8, 4) is 0 Å². The van der Waals surface area contributed by atoms with Crippen molar-refractivity contribution in [3.63, 3.8) is 0 Å². The van der Waals surface area contributed by atoms with Gasteiger partial charge in [-0.1, -0.05) is 35.9 Å². The van der Waals surface area contributed by atoms with Gasteiger partial charge in [-0.05, 0) is 41.5 Å². The summed E-state index contributed by atoms with van der Waals surface area (Å²) in [6.45, 7) is 1.46. The number of anilines is 2. The van der Waals surface area contributed by atoms with Crippen LogP contribution in [0.2, 0.25) is 0 Å². The number of amides is 2. The van der Waals surface area contributed by atoms with E-state index in [2.05, 4.69) is 31.1 Å². The summed E-state index contributed by atoms with van der Waals surface area (Å²) in [4.78, 5) is 27.9. The summed E-state index contributed by atoms with van der Waals surface area (Å²) < 4.78 is 2.73. The number of aromatic nitrogens is 5. The largest absolute Gasteiger partial charge is 0.326 e. The second-order valence-electron chi connectivity index (χ2n) is 6.56. The number of nitrogens with zero attached hydrogens (tertiary/aromatic N) is 5. The van der Waals surface area contributed by atoms with Gasteiger partial charge in [0.25, 0.3) is 0 Å². The van der Waals surface area contributed by atoms with Crippen molar-refractivity contribution >= 4 is 55.9 Å². The summed E-state index contributed by atoms with van der Waals surface area (Å²) in [6, 6.07) is 5.78. The molecule has 0 radical (unpaired) electrons. The standard InChI is InChI=1S/C17H19N7O2S2/c1-10(25)18-11-6-7-13-14(8-11)28-16(19-13)20-15(26)9-27-17-21-22-23-24(17)12-4-2-3-5-12/h6-8,12H,2-5,9H2,1H3,(H,18,25)(H,19,20,26). The molecule has 0 bridgehead atoms. The maximum atomic E-state index is 12.3. The van der Waals surface area contributed by atoms with E-state index >= 15 is 0 Å². The van der Waals surface area contributed by atoms with Gasteiger partial charge in [0, 0.05) is 12.6 Å². The summed E-state index contributed by atoms with van der Waals surface area (Å²) in [5, 5.41) is 18.6. The van der Waals surface area contributed by atoms with Crippen LogP contribution in [-0.2, 0) is 9.59 Å². The van der Waals surface area contributed by atoms with E-state index in [0.717, 1.165) is 23.1 Å². The first-order valence-electron chi connectivity index (χ1n) is 8.97. The van der Waals surface area contributed by atoms with E-state index < -0.39 is 0 Å². The van der Waals surface area contributed by atoms with E-state index in [1.54, 1.807) is 6.07 Å². The van der Waals surface area contributed by atoms with Gasteiger partial charge in [0.15, 0.2) is 5.13 Å². The molecule has 2 N–H and O–H groups in total. The Balaban J connectivity index is 1.37. The van der Waals surface area contributed by atoms with Crippen molar-refractivity contribution < 1.29 is 9.59 Å². The van der Waals surface area contributed by atoms with Gasteiger partial charge in [0.05, 0.1) is 22.0 Å². The molecule has 1 fully saturated rings. The Kier molecular flexibility index (Phi) is 5.53. The number of thiazole rings is 1. The van der Waals surface area contributed by atoms with Gasteiger partial charge in [-0.2, -0.15) is 0 Å². The van der Waals surface area contributed by atoms with Crippen molar-refractivity contribution in [1.29, 1.82) is 0 Å². The molecular formula is C17H19N7O2S2. The second-order valence-corrected chi connectivity index (χ2v) is 8.54. The lowest BCUT2D eigenvalue weighted by atomic mass is 10.3. The highest BCUT2D eigenvalue weighted by atomic mass is 32.2. The van der Waals surface area contributed by atoms with Crippen molar-refractivity contribution in [2.75, 3.05) is 16.4 Å². The third-order valence-electron chi connectivity index (χ3n) is 4.42. The lowest BCUT2D eigenvalue weighted by Gasteiger charge is -2.10. The average Bonchev–Trinajstić information content (AvgIpc) is 3.38. The molecule has 0 aliphatic heterocycles. The van der Waals surface area contributed by atoms with Crippen LogP contribution in [0.4, 0.5) is 10.8 Å². The zero-order valence-electron chi connectivity index (χ0n) is 15.2. The average molecular weight is 418 g/mol. The Morgan fingerprint density at radius 2 is 2.11 bits per heavy atom. The Bertz CT molecular complexity index is 1010. The van der Waals surface area contributed by atoms with Gasteiger partial charge in [-0.25, -0.2) is 9.67 Å². The molecule has 3 aromatic rings. The number of tetrazole rings is 1. The van der Waals surface area contributed by atoms with Gasteiger partial charge in [-0.3, -0.25) is 9.59 Å². The molecule has 146 valence electrons. The predicted octanol–water partition coefficient (Wildman–Crippen LogP) is 3.09. The minimum absolute atomic E-state index is 0.130. The highest BCUT2D eigenvalue weighted by molar-refractivity contribution is 7.99. The van der Waals surface area contributed by atoms with Gasteiger partial charge < -0.3 is 10.6 Å². The van der Waals surface area contributed by atoms with Crippen LogP contribution < -0.4 is 10.6 Å². The van der Waals surface area contributed by atoms with Crippen molar-refractivity contribution in [2.24, 2.45) is 0 Å². The predicted molar refractivity (Wildman–Crippen MR) is 109 cm³/mol. The number of thioether (sulfide) groups is 1. The maximum Gasteiger partial charge on any atom is 0.236 e. The van der Waals surface area contributed by atoms with Crippen LogP contribution in [0.25, 0.3) is 10.2 Å². The third-order valence-corrected chi connectivity index (χ3v) is 6.29. The molecule has 4 rings (SSSR count). The minimum atomic E-state index is -0.160. The van der Waals surface area contributed by atoms with Crippen LogP contribution in [0, 0.1) is 0 Å². The second kappa shape index (κ2) is 8.23. The van der Waals surface area contributed by atoms with Gasteiger partial charge in [0.2, 0.25) is 17.0 Å². The zero-order chi connectivity index (χ0) is 19.5. The summed E-state index contributed by atoms with van der Waals surface area (Å²) in [7, 11) is 0. The summed E-state index contributed by atoms with van der Waals surface area (Å²) in [5.74, 6) is -0.0818. The zero-order valence-corrected chi connectivity index (χ0v) is 16.8. The van der Waals surface area contributed by atoms with E-state index in [0.29, 0.717) is 22.0 Å². The van der Waals surface area contributed by atoms with Crippen LogP contribution in [-0.4, -0.2) is 42.8 Å². The number of hydrogen-bond donors (Lipinski definition) is 2. The van der Waals surface area contributed by atoms with Crippen LogP contribution in [0.3, 0.4) is 0 Å². The van der Waals surface area contributed by atoms with Crippen molar-refractivity contribution in [3.05, 3.63) is 18.2 Å². The van der Waals surface area contributed by atoms with E-state index in [4.69, 9.17) is 0 Å². The van der Waals surface area contributed by atoms with Crippen LogP contribution in [0.15, 0.2) is 23.4 Å². The molecule has 1 aromatic carbocycles. The highest BCUT2D eigenvalue weighted by Gasteiger charge is 2.22. The third kappa shape index (κ3) is 4.30. The highest BCUT2D eigenvalue weighted by Crippen LogP contribution is 2.32. The van der Waals surface area contributed by atoms with Crippen molar-refractivity contribution in [1.82, 2.24) is 25.2 Å². The minimum Gasteiger partial charge on any atom is -0.326 e. The molecule has 1 aliphatic carbocycles. The number of fused-ring (bicyclic) bond motifs is 1. The molecule has 2 amide bonds. The van der Waals surface area contributed by atoms with Gasteiger partial charge in [-0.15, -0.1) is 5.10 Å². The SMILES string of the molecule is CC(=O)Nc1ccc2nc(NC(=O)CSc3nnnn3C3CCCC3)sc2c1. The molecule has 9 nitrogen and oxygen atoms in total. The number of carbonyl (C=O) groups is 2. The maximum absolute atomic E-state index is 12.3. The fourth-order valence-electron chi connectivity index (χ4n) is 3.20. The molecular weight excluding hydrogens is 398 g/mol. The molecule has 0 saturated heterocycles. The number of hydrogen-bond acceptors (Lipinski definition) is 8.